The molecule has 0 saturated heterocycles. The minimum atomic E-state index is 0. The number of rotatable bonds is 3. The molecule has 0 fully saturated rings. The van der Waals surface area contributed by atoms with Gasteiger partial charge in [0.05, 0.1) is 0 Å². The Bertz CT molecular complexity index is 1420. The monoisotopic (exact) mass is 643 g/mol. The summed E-state index contributed by atoms with van der Waals surface area (Å²) in [5, 5.41) is 0. The predicted molar refractivity (Wildman–Crippen MR) is 157 cm³/mol. The van der Waals surface area contributed by atoms with E-state index in [-0.39, 0.29) is 62.4 Å². The van der Waals surface area contributed by atoms with Crippen molar-refractivity contribution in [3.05, 3.63) is 124 Å². The van der Waals surface area contributed by atoms with Crippen molar-refractivity contribution in [3.8, 4) is 22.3 Å². The van der Waals surface area contributed by atoms with E-state index < -0.39 is 0 Å². The molecule has 0 saturated carbocycles. The summed E-state index contributed by atoms with van der Waals surface area (Å²) >= 11 is 0. The van der Waals surface area contributed by atoms with Gasteiger partial charge in [0.1, 0.15) is 0 Å². The smallest absolute Gasteiger partial charge is 1.00 e. The van der Waals surface area contributed by atoms with Gasteiger partial charge in [-0.1, -0.05) is 118 Å². The van der Waals surface area contributed by atoms with E-state index in [9.17, 15) is 0 Å². The molecule has 1 atom stereocenters. The molecule has 39 heavy (non-hydrogen) atoms. The molecule has 1 unspecified atom stereocenters. The van der Waals surface area contributed by atoms with Crippen molar-refractivity contribution in [2.45, 2.75) is 52.6 Å². The quantitative estimate of drug-likeness (QED) is 0.208. The Morgan fingerprint density at radius 2 is 1.44 bits per heavy atom. The van der Waals surface area contributed by atoms with Crippen LogP contribution in [0.5, 0.6) is 0 Å². The van der Waals surface area contributed by atoms with Crippen molar-refractivity contribution < 1.29 is 51.0 Å². The normalized spacial score (nSPS) is 14.2. The van der Waals surface area contributed by atoms with Crippen molar-refractivity contribution >= 4 is 15.6 Å². The molecule has 197 valence electrons. The number of hydrogen-bond donors (Lipinski definition) is 0. The van der Waals surface area contributed by atoms with E-state index in [1.54, 1.807) is 0 Å². The first-order valence-corrected chi connectivity index (χ1v) is 15.0. The maximum Gasteiger partial charge on any atom is 3.00 e. The van der Waals surface area contributed by atoms with Crippen LogP contribution >= 0.6 is 0 Å². The third-order valence-electron chi connectivity index (χ3n) is 7.07. The number of benzene rings is 4. The molecular weight excluding hydrogens is 611 g/mol. The summed E-state index contributed by atoms with van der Waals surface area (Å²) in [6.07, 6.45) is 4.57. The number of halogens is 2. The maximum atomic E-state index is 3.72. The van der Waals surface area contributed by atoms with Gasteiger partial charge in [-0.2, -0.15) is 18.2 Å². The molecule has 4 aromatic carbocycles. The van der Waals surface area contributed by atoms with Gasteiger partial charge in [0.15, 0.2) is 0 Å². The molecule has 0 amide bonds. The van der Waals surface area contributed by atoms with Crippen LogP contribution in [-0.2, 0) is 32.6 Å². The predicted octanol–water partition coefficient (Wildman–Crippen LogP) is 3.48. The Morgan fingerprint density at radius 1 is 0.795 bits per heavy atom. The summed E-state index contributed by atoms with van der Waals surface area (Å²) in [4.78, 5) is 0. The van der Waals surface area contributed by atoms with E-state index in [0.717, 1.165) is 22.4 Å². The van der Waals surface area contributed by atoms with E-state index in [4.69, 9.17) is 0 Å². The van der Waals surface area contributed by atoms with E-state index in [0.29, 0.717) is 0 Å². The fourth-order valence-electron chi connectivity index (χ4n) is 5.82. The first kappa shape index (κ1) is 33.5. The fourth-order valence-corrected chi connectivity index (χ4v) is 5.82. The molecule has 3 radical (unpaired) electrons. The Labute approximate surface area is 269 Å². The van der Waals surface area contributed by atoms with Gasteiger partial charge in [-0.25, -0.2) is 0 Å². The first-order chi connectivity index (χ1) is 17.4. The van der Waals surface area contributed by atoms with Crippen molar-refractivity contribution in [1.29, 1.82) is 0 Å². The first-order valence-electron chi connectivity index (χ1n) is 13.0. The van der Waals surface area contributed by atoms with Gasteiger partial charge in [0.2, 0.25) is 0 Å². The second-order valence-corrected chi connectivity index (χ2v) is 12.2. The zero-order valence-corrected chi connectivity index (χ0v) is 28.4. The van der Waals surface area contributed by atoms with Crippen LogP contribution in [0, 0.1) is 11.5 Å². The largest absolute Gasteiger partial charge is 3.00 e. The van der Waals surface area contributed by atoms with Gasteiger partial charge in [0.25, 0.3) is 0 Å². The summed E-state index contributed by atoms with van der Waals surface area (Å²) in [6.45, 7) is 11.4. The standard InChI is InChI=1S/C33H29.C2H6Si.2ClH.Zr/c1-33(2,3)21-24-20-30-25(22-11-5-4-6-12-22)15-9-17-28(30)32(24)29-18-10-16-27-26-14-8-7-13-23(26)19-31(27)29;1-3-2;;;/h4-17,20,32H,19,21H2,1-3H3;1-2H3;2*1H;/q-1;;;;+3/p-2. The van der Waals surface area contributed by atoms with Gasteiger partial charge in [-0.3, -0.25) is 0 Å². The Balaban J connectivity index is 0.000000852. The van der Waals surface area contributed by atoms with Crippen LogP contribution in [0.3, 0.4) is 0 Å². The van der Waals surface area contributed by atoms with Crippen molar-refractivity contribution in [2.75, 3.05) is 0 Å². The number of fused-ring (bicyclic) bond motifs is 4. The average molecular weight is 646 g/mol. The molecule has 0 heterocycles. The summed E-state index contributed by atoms with van der Waals surface area (Å²) in [6, 6.07) is 34.7. The van der Waals surface area contributed by atoms with Gasteiger partial charge in [-0.15, -0.1) is 16.7 Å². The molecular formula is C35H35Cl2SiZr. The van der Waals surface area contributed by atoms with Crippen LogP contribution in [0.2, 0.25) is 13.1 Å². The van der Waals surface area contributed by atoms with Crippen molar-refractivity contribution in [3.63, 3.8) is 0 Å². The minimum Gasteiger partial charge on any atom is -1.00 e. The fraction of sp³-hybridized carbons (Fsp3) is 0.257. The van der Waals surface area contributed by atoms with Crippen LogP contribution in [0.4, 0.5) is 0 Å². The van der Waals surface area contributed by atoms with Crippen LogP contribution in [-0.4, -0.2) is 9.52 Å². The zero-order chi connectivity index (χ0) is 25.3. The minimum absolute atomic E-state index is 0. The van der Waals surface area contributed by atoms with Crippen LogP contribution in [0.15, 0.2) is 90.5 Å². The zero-order valence-electron chi connectivity index (χ0n) is 23.4. The van der Waals surface area contributed by atoms with Gasteiger partial charge in [0, 0.05) is 15.4 Å². The molecule has 0 aliphatic heterocycles. The summed E-state index contributed by atoms with van der Waals surface area (Å²) in [5.74, 6) is 0.271. The van der Waals surface area contributed by atoms with Crippen molar-refractivity contribution in [2.24, 2.45) is 5.41 Å². The van der Waals surface area contributed by atoms with E-state index >= 15 is 0 Å². The SMILES string of the molecule is CC(C)(C)CC1=Cc2c(-c3ccccc3)cccc2C1c1[c-]ccc2c1Cc1ccccc1-2.C[Si]C.[Cl-].[Cl-].[Zr+3]. The Hall–Kier alpha value is -1.70. The van der Waals surface area contributed by atoms with Gasteiger partial charge < -0.3 is 24.8 Å². The van der Waals surface area contributed by atoms with E-state index in [2.05, 4.69) is 131 Å². The van der Waals surface area contributed by atoms with Crippen LogP contribution in [0.1, 0.15) is 60.9 Å². The molecule has 2 aliphatic carbocycles. The van der Waals surface area contributed by atoms with Gasteiger partial charge >= 0.3 is 26.2 Å². The molecule has 0 N–H and O–H groups in total. The second-order valence-electron chi connectivity index (χ2n) is 11.2. The molecule has 0 spiro atoms. The Morgan fingerprint density at radius 3 is 2.13 bits per heavy atom. The van der Waals surface area contributed by atoms with Crippen LogP contribution < -0.4 is 24.8 Å². The Kier molecular flexibility index (Phi) is 12.3. The number of allylic oxidation sites excluding steroid dienone is 1. The van der Waals surface area contributed by atoms with E-state index in [1.165, 1.54) is 55.6 Å². The van der Waals surface area contributed by atoms with E-state index in [1.807, 2.05) is 0 Å². The topological polar surface area (TPSA) is 0 Å². The summed E-state index contributed by atoms with van der Waals surface area (Å²) in [5.41, 5.74) is 14.2. The van der Waals surface area contributed by atoms with Crippen LogP contribution in [0.25, 0.3) is 28.3 Å². The van der Waals surface area contributed by atoms with Crippen molar-refractivity contribution in [1.82, 2.24) is 0 Å². The molecule has 0 aromatic heterocycles. The summed E-state index contributed by atoms with van der Waals surface area (Å²) < 4.78 is 0. The maximum absolute atomic E-state index is 3.72. The molecule has 6 rings (SSSR count). The molecule has 4 aromatic rings. The molecule has 4 heteroatoms. The average Bonchev–Trinajstić information content (AvgIpc) is 3.42. The molecule has 0 bridgehead atoms. The summed E-state index contributed by atoms with van der Waals surface area (Å²) in [7, 11) is 1.08. The molecule has 0 nitrogen and oxygen atoms in total. The molecule has 2 aliphatic rings. The third kappa shape index (κ3) is 6.97. The van der Waals surface area contributed by atoms with Gasteiger partial charge in [-0.05, 0) is 51.6 Å². The number of hydrogen-bond acceptors (Lipinski definition) is 0. The third-order valence-corrected chi connectivity index (χ3v) is 7.07. The second kappa shape index (κ2) is 14.3.